The maximum atomic E-state index is 6.24. The maximum absolute atomic E-state index is 6.24. The van der Waals surface area contributed by atoms with E-state index in [0.29, 0.717) is 0 Å². The Morgan fingerprint density at radius 2 is 2.32 bits per heavy atom. The predicted molar refractivity (Wildman–Crippen MR) is 77.8 cm³/mol. The third-order valence-corrected chi connectivity index (χ3v) is 3.78. The summed E-state index contributed by atoms with van der Waals surface area (Å²) in [6, 6.07) is 7.63. The Kier molecular flexibility index (Phi) is 3.16. The molecule has 98 valence electrons. The van der Waals surface area contributed by atoms with E-state index in [9.17, 15) is 0 Å². The van der Waals surface area contributed by atoms with Gasteiger partial charge in [0.1, 0.15) is 11.3 Å². The zero-order valence-corrected chi connectivity index (χ0v) is 12.1. The van der Waals surface area contributed by atoms with E-state index in [1.54, 1.807) is 6.20 Å². The molecule has 0 aliphatic heterocycles. The van der Waals surface area contributed by atoms with Crippen LogP contribution in [-0.2, 0) is 6.54 Å². The van der Waals surface area contributed by atoms with Crippen LogP contribution in [0.2, 0.25) is 0 Å². The Morgan fingerprint density at radius 1 is 1.47 bits per heavy atom. The van der Waals surface area contributed by atoms with Gasteiger partial charge in [0.2, 0.25) is 0 Å². The van der Waals surface area contributed by atoms with Crippen LogP contribution in [0.25, 0.3) is 11.0 Å². The number of aromatic nitrogens is 2. The number of nitrogens with two attached hydrogens (primary N) is 1. The molecule has 3 aromatic rings. The van der Waals surface area contributed by atoms with Crippen molar-refractivity contribution in [3.8, 4) is 0 Å². The predicted octanol–water partition coefficient (Wildman–Crippen LogP) is 3.46. The van der Waals surface area contributed by atoms with Crippen molar-refractivity contribution in [1.29, 1.82) is 0 Å². The number of fused-ring (bicyclic) bond motifs is 1. The van der Waals surface area contributed by atoms with Crippen LogP contribution in [0.1, 0.15) is 24.3 Å². The van der Waals surface area contributed by atoms with Crippen molar-refractivity contribution in [2.24, 2.45) is 5.73 Å². The number of aryl methyl sites for hydroxylation is 1. The standard InChI is InChI=1S/C14H14BrN3O/c1-2-18-8-10(7-17-18)13(16)12-6-9-4-3-5-11(15)14(9)19-12/h3-8,13H,2,16H2,1H3. The van der Waals surface area contributed by atoms with Gasteiger partial charge in [-0.05, 0) is 35.0 Å². The van der Waals surface area contributed by atoms with E-state index in [2.05, 4.69) is 21.0 Å². The molecule has 1 aromatic carbocycles. The third kappa shape index (κ3) is 2.19. The van der Waals surface area contributed by atoms with Gasteiger partial charge < -0.3 is 10.2 Å². The minimum atomic E-state index is -0.292. The Balaban J connectivity index is 2.01. The smallest absolute Gasteiger partial charge is 0.148 e. The van der Waals surface area contributed by atoms with Gasteiger partial charge in [-0.1, -0.05) is 12.1 Å². The molecule has 2 aromatic heterocycles. The summed E-state index contributed by atoms with van der Waals surface area (Å²) in [5, 5.41) is 5.28. The van der Waals surface area contributed by atoms with Gasteiger partial charge >= 0.3 is 0 Å². The Morgan fingerprint density at radius 3 is 3.00 bits per heavy atom. The molecule has 0 aliphatic rings. The summed E-state index contributed by atoms with van der Waals surface area (Å²) in [4.78, 5) is 0. The molecule has 0 fully saturated rings. The molecule has 5 heteroatoms. The van der Waals surface area contributed by atoms with Crippen LogP contribution in [0.15, 0.2) is 45.5 Å². The minimum absolute atomic E-state index is 0.292. The number of nitrogens with zero attached hydrogens (tertiary/aromatic N) is 2. The van der Waals surface area contributed by atoms with Crippen molar-refractivity contribution in [3.05, 3.63) is 52.5 Å². The molecular formula is C14H14BrN3O. The summed E-state index contributed by atoms with van der Waals surface area (Å²) in [7, 11) is 0. The topological polar surface area (TPSA) is 57.0 Å². The lowest BCUT2D eigenvalue weighted by Crippen LogP contribution is -2.09. The van der Waals surface area contributed by atoms with E-state index in [1.807, 2.05) is 42.1 Å². The molecule has 3 rings (SSSR count). The molecule has 19 heavy (non-hydrogen) atoms. The van der Waals surface area contributed by atoms with Gasteiger partial charge in [0, 0.05) is 23.7 Å². The minimum Gasteiger partial charge on any atom is -0.458 e. The average Bonchev–Trinajstić information content (AvgIpc) is 3.05. The van der Waals surface area contributed by atoms with Gasteiger partial charge in [0.05, 0.1) is 16.7 Å². The van der Waals surface area contributed by atoms with Crippen LogP contribution < -0.4 is 5.73 Å². The number of benzene rings is 1. The van der Waals surface area contributed by atoms with Gasteiger partial charge in [-0.2, -0.15) is 5.10 Å². The summed E-state index contributed by atoms with van der Waals surface area (Å²) < 4.78 is 8.64. The lowest BCUT2D eigenvalue weighted by Gasteiger charge is -2.04. The third-order valence-electron chi connectivity index (χ3n) is 3.16. The van der Waals surface area contributed by atoms with Crippen molar-refractivity contribution >= 4 is 26.9 Å². The number of halogens is 1. The molecule has 2 N–H and O–H groups in total. The number of rotatable bonds is 3. The molecule has 0 aliphatic carbocycles. The van der Waals surface area contributed by atoms with Crippen molar-refractivity contribution in [1.82, 2.24) is 9.78 Å². The first-order chi connectivity index (χ1) is 9.19. The lowest BCUT2D eigenvalue weighted by atomic mass is 10.1. The highest BCUT2D eigenvalue weighted by molar-refractivity contribution is 9.10. The fourth-order valence-electron chi connectivity index (χ4n) is 2.08. The van der Waals surface area contributed by atoms with Crippen molar-refractivity contribution < 1.29 is 4.42 Å². The zero-order chi connectivity index (χ0) is 13.4. The SMILES string of the molecule is CCn1cc(C(N)c2cc3cccc(Br)c3o2)cn1. The van der Waals surface area contributed by atoms with Crippen molar-refractivity contribution in [2.75, 3.05) is 0 Å². The normalized spacial score (nSPS) is 13.0. The molecule has 0 saturated carbocycles. The van der Waals surface area contributed by atoms with Crippen molar-refractivity contribution in [3.63, 3.8) is 0 Å². The molecule has 1 atom stereocenters. The van der Waals surface area contributed by atoms with E-state index in [1.165, 1.54) is 0 Å². The molecule has 2 heterocycles. The summed E-state index contributed by atoms with van der Waals surface area (Å²) in [5.41, 5.74) is 8.02. The van der Waals surface area contributed by atoms with Crippen LogP contribution in [0.4, 0.5) is 0 Å². The molecule has 0 bridgehead atoms. The Bertz CT molecular complexity index is 716. The quantitative estimate of drug-likeness (QED) is 0.804. The number of para-hydroxylation sites is 1. The summed E-state index contributed by atoms with van der Waals surface area (Å²) in [6.07, 6.45) is 3.74. The highest BCUT2D eigenvalue weighted by atomic mass is 79.9. The first kappa shape index (κ1) is 12.4. The van der Waals surface area contributed by atoms with Gasteiger partial charge in [-0.3, -0.25) is 4.68 Å². The van der Waals surface area contributed by atoms with Gasteiger partial charge in [0.25, 0.3) is 0 Å². The lowest BCUT2D eigenvalue weighted by molar-refractivity contribution is 0.523. The van der Waals surface area contributed by atoms with E-state index in [-0.39, 0.29) is 6.04 Å². The van der Waals surface area contributed by atoms with E-state index in [4.69, 9.17) is 10.2 Å². The van der Waals surface area contributed by atoms with Crippen molar-refractivity contribution in [2.45, 2.75) is 19.5 Å². The number of hydrogen-bond acceptors (Lipinski definition) is 3. The summed E-state index contributed by atoms with van der Waals surface area (Å²) in [5.74, 6) is 0.748. The Labute approximate surface area is 119 Å². The van der Waals surface area contributed by atoms with Gasteiger partial charge in [-0.25, -0.2) is 0 Å². The van der Waals surface area contributed by atoms with Crippen LogP contribution >= 0.6 is 15.9 Å². The van der Waals surface area contributed by atoms with Gasteiger partial charge in [-0.15, -0.1) is 0 Å². The van der Waals surface area contributed by atoms with Crippen LogP contribution in [-0.4, -0.2) is 9.78 Å². The van der Waals surface area contributed by atoms with E-state index in [0.717, 1.165) is 33.3 Å². The molecule has 0 radical (unpaired) electrons. The van der Waals surface area contributed by atoms with Crippen LogP contribution in [0, 0.1) is 0 Å². The van der Waals surface area contributed by atoms with Crippen LogP contribution in [0.3, 0.4) is 0 Å². The summed E-state index contributed by atoms with van der Waals surface area (Å²) >= 11 is 3.48. The zero-order valence-electron chi connectivity index (χ0n) is 10.5. The number of hydrogen-bond donors (Lipinski definition) is 1. The fraction of sp³-hybridized carbons (Fsp3) is 0.214. The fourth-order valence-corrected chi connectivity index (χ4v) is 2.54. The molecule has 0 saturated heterocycles. The highest BCUT2D eigenvalue weighted by Gasteiger charge is 2.16. The first-order valence-corrected chi connectivity index (χ1v) is 6.94. The molecule has 0 spiro atoms. The second-order valence-electron chi connectivity index (χ2n) is 4.41. The second kappa shape index (κ2) is 4.83. The highest BCUT2D eigenvalue weighted by Crippen LogP contribution is 2.30. The average molecular weight is 320 g/mol. The monoisotopic (exact) mass is 319 g/mol. The Hall–Kier alpha value is -1.59. The van der Waals surface area contributed by atoms with E-state index < -0.39 is 0 Å². The van der Waals surface area contributed by atoms with Gasteiger partial charge in [0.15, 0.2) is 0 Å². The first-order valence-electron chi connectivity index (χ1n) is 6.15. The van der Waals surface area contributed by atoms with E-state index >= 15 is 0 Å². The maximum Gasteiger partial charge on any atom is 0.148 e. The summed E-state index contributed by atoms with van der Waals surface area (Å²) in [6.45, 7) is 2.87. The molecule has 0 amide bonds. The van der Waals surface area contributed by atoms with Crippen LogP contribution in [0.5, 0.6) is 0 Å². The number of furan rings is 1. The second-order valence-corrected chi connectivity index (χ2v) is 5.27. The largest absolute Gasteiger partial charge is 0.458 e. The molecule has 4 nitrogen and oxygen atoms in total. The molecule has 1 unspecified atom stereocenters. The molecular weight excluding hydrogens is 306 g/mol.